The fourth-order valence-corrected chi connectivity index (χ4v) is 1.74. The van der Waals surface area contributed by atoms with Crippen LogP contribution in [0.4, 0.5) is 0 Å². The summed E-state index contributed by atoms with van der Waals surface area (Å²) in [6.45, 7) is 1.24. The Morgan fingerprint density at radius 2 is 1.79 bits per heavy atom. The first-order valence-electron chi connectivity index (χ1n) is 6.22. The van der Waals surface area contributed by atoms with Crippen LogP contribution >= 0.6 is 0 Å². The molecule has 2 rings (SSSR count). The average molecular weight is 259 g/mol. The minimum atomic E-state index is 0.0203. The molecule has 4 heteroatoms. The van der Waals surface area contributed by atoms with Gasteiger partial charge < -0.3 is 14.0 Å². The average Bonchev–Trinajstić information content (AvgIpc) is 2.46. The van der Waals surface area contributed by atoms with E-state index in [4.69, 9.17) is 9.47 Å². The van der Waals surface area contributed by atoms with Crippen LogP contribution in [0.3, 0.4) is 0 Å². The zero-order chi connectivity index (χ0) is 13.5. The van der Waals surface area contributed by atoms with Gasteiger partial charge in [0.2, 0.25) is 5.56 Å². The van der Waals surface area contributed by atoms with Gasteiger partial charge in [-0.25, -0.2) is 0 Å². The number of benzene rings is 1. The molecule has 0 aliphatic carbocycles. The van der Waals surface area contributed by atoms with Crippen LogP contribution in [0.15, 0.2) is 53.5 Å². The van der Waals surface area contributed by atoms with Gasteiger partial charge in [0.25, 0.3) is 0 Å². The van der Waals surface area contributed by atoms with Gasteiger partial charge in [-0.3, -0.25) is 4.79 Å². The Balaban J connectivity index is 1.77. The van der Waals surface area contributed by atoms with E-state index in [0.717, 1.165) is 17.9 Å². The number of nitrogens with zero attached hydrogens (tertiary/aromatic N) is 1. The molecule has 0 radical (unpaired) electrons. The molecule has 0 atom stereocenters. The van der Waals surface area contributed by atoms with Crippen molar-refractivity contribution < 1.29 is 9.47 Å². The molecular weight excluding hydrogens is 242 g/mol. The van der Waals surface area contributed by atoms with Gasteiger partial charge in [0.1, 0.15) is 11.5 Å². The lowest BCUT2D eigenvalue weighted by molar-refractivity contribution is 0.300. The van der Waals surface area contributed by atoms with E-state index in [1.165, 1.54) is 0 Å². The SMILES string of the molecule is COc1ccc(OCCCn2ccccc2=O)cc1. The van der Waals surface area contributed by atoms with Crippen molar-refractivity contribution >= 4 is 0 Å². The maximum atomic E-state index is 11.5. The smallest absolute Gasteiger partial charge is 0.250 e. The molecule has 0 fully saturated rings. The summed E-state index contributed by atoms with van der Waals surface area (Å²) in [5.41, 5.74) is 0.0203. The van der Waals surface area contributed by atoms with Crippen molar-refractivity contribution in [3.8, 4) is 11.5 Å². The lowest BCUT2D eigenvalue weighted by Crippen LogP contribution is -2.18. The molecule has 0 saturated carbocycles. The normalized spacial score (nSPS) is 10.2. The van der Waals surface area contributed by atoms with Gasteiger partial charge in [-0.2, -0.15) is 0 Å². The monoisotopic (exact) mass is 259 g/mol. The van der Waals surface area contributed by atoms with Crippen LogP contribution in [0.5, 0.6) is 11.5 Å². The largest absolute Gasteiger partial charge is 0.497 e. The summed E-state index contributed by atoms with van der Waals surface area (Å²) >= 11 is 0. The van der Waals surface area contributed by atoms with Crippen LogP contribution in [0.25, 0.3) is 0 Å². The van der Waals surface area contributed by atoms with Gasteiger partial charge in [-0.15, -0.1) is 0 Å². The third-order valence-electron chi connectivity index (χ3n) is 2.77. The third-order valence-corrected chi connectivity index (χ3v) is 2.77. The summed E-state index contributed by atoms with van der Waals surface area (Å²) in [6, 6.07) is 12.6. The number of hydrogen-bond donors (Lipinski definition) is 0. The Kier molecular flexibility index (Phi) is 4.61. The summed E-state index contributed by atoms with van der Waals surface area (Å²) in [7, 11) is 1.63. The molecule has 2 aromatic rings. The summed E-state index contributed by atoms with van der Waals surface area (Å²) in [6.07, 6.45) is 2.58. The quantitative estimate of drug-likeness (QED) is 0.747. The van der Waals surface area contributed by atoms with Crippen molar-refractivity contribution in [3.63, 3.8) is 0 Å². The molecule has 1 heterocycles. The first kappa shape index (κ1) is 13.2. The molecule has 0 bridgehead atoms. The first-order chi connectivity index (χ1) is 9.29. The molecule has 4 nitrogen and oxygen atoms in total. The minimum Gasteiger partial charge on any atom is -0.497 e. The van der Waals surface area contributed by atoms with Crippen LogP contribution in [0.2, 0.25) is 0 Å². The van der Waals surface area contributed by atoms with Gasteiger partial charge in [-0.1, -0.05) is 6.07 Å². The highest BCUT2D eigenvalue weighted by molar-refractivity contribution is 5.31. The number of aryl methyl sites for hydroxylation is 1. The molecule has 0 saturated heterocycles. The lowest BCUT2D eigenvalue weighted by atomic mass is 10.3. The molecule has 1 aromatic heterocycles. The molecule has 0 aliphatic heterocycles. The Morgan fingerprint density at radius 3 is 2.47 bits per heavy atom. The number of pyridine rings is 1. The van der Waals surface area contributed by atoms with Crippen molar-refractivity contribution in [2.24, 2.45) is 0 Å². The molecule has 0 spiro atoms. The van der Waals surface area contributed by atoms with Crippen LogP contribution in [-0.4, -0.2) is 18.3 Å². The highest BCUT2D eigenvalue weighted by atomic mass is 16.5. The summed E-state index contributed by atoms with van der Waals surface area (Å²) in [4.78, 5) is 11.5. The van der Waals surface area contributed by atoms with Gasteiger partial charge in [0.05, 0.1) is 13.7 Å². The second-order valence-corrected chi connectivity index (χ2v) is 4.11. The summed E-state index contributed by atoms with van der Waals surface area (Å²) in [5.74, 6) is 1.62. The predicted molar refractivity (Wildman–Crippen MR) is 73.8 cm³/mol. The minimum absolute atomic E-state index is 0.0203. The van der Waals surface area contributed by atoms with E-state index in [2.05, 4.69) is 0 Å². The third kappa shape index (κ3) is 3.88. The van der Waals surface area contributed by atoms with Crippen molar-refractivity contribution in [1.29, 1.82) is 0 Å². The molecule has 0 N–H and O–H groups in total. The van der Waals surface area contributed by atoms with E-state index in [0.29, 0.717) is 13.2 Å². The molecule has 0 aliphatic rings. The highest BCUT2D eigenvalue weighted by Crippen LogP contribution is 2.16. The van der Waals surface area contributed by atoms with E-state index < -0.39 is 0 Å². The maximum absolute atomic E-state index is 11.5. The van der Waals surface area contributed by atoms with E-state index in [9.17, 15) is 4.79 Å². The highest BCUT2D eigenvalue weighted by Gasteiger charge is 1.97. The number of rotatable bonds is 6. The van der Waals surface area contributed by atoms with E-state index >= 15 is 0 Å². The number of aromatic nitrogens is 1. The first-order valence-corrected chi connectivity index (χ1v) is 6.22. The Morgan fingerprint density at radius 1 is 1.05 bits per heavy atom. The Hall–Kier alpha value is -2.23. The van der Waals surface area contributed by atoms with Crippen molar-refractivity contribution in [2.45, 2.75) is 13.0 Å². The zero-order valence-corrected chi connectivity index (χ0v) is 10.9. The summed E-state index contributed by atoms with van der Waals surface area (Å²) < 4.78 is 12.3. The molecule has 100 valence electrons. The standard InChI is InChI=1S/C15H17NO3/c1-18-13-6-8-14(9-7-13)19-12-4-11-16-10-3-2-5-15(16)17/h2-3,5-10H,4,11-12H2,1H3. The van der Waals surface area contributed by atoms with E-state index in [1.54, 1.807) is 30.0 Å². The molecular formula is C15H17NO3. The number of methoxy groups -OCH3 is 1. The maximum Gasteiger partial charge on any atom is 0.250 e. The number of ether oxygens (including phenoxy) is 2. The fraction of sp³-hybridized carbons (Fsp3) is 0.267. The van der Waals surface area contributed by atoms with Gasteiger partial charge in [0.15, 0.2) is 0 Å². The lowest BCUT2D eigenvalue weighted by Gasteiger charge is -2.08. The Labute approximate surface area is 112 Å². The van der Waals surface area contributed by atoms with E-state index in [-0.39, 0.29) is 5.56 Å². The van der Waals surface area contributed by atoms with E-state index in [1.807, 2.05) is 30.3 Å². The van der Waals surface area contributed by atoms with Crippen molar-refractivity contribution in [2.75, 3.05) is 13.7 Å². The Bertz CT molecular complexity index is 560. The van der Waals surface area contributed by atoms with Gasteiger partial charge >= 0.3 is 0 Å². The van der Waals surface area contributed by atoms with Crippen molar-refractivity contribution in [1.82, 2.24) is 4.57 Å². The molecule has 19 heavy (non-hydrogen) atoms. The fourth-order valence-electron chi connectivity index (χ4n) is 1.74. The number of hydrogen-bond acceptors (Lipinski definition) is 3. The molecule has 1 aromatic carbocycles. The van der Waals surface area contributed by atoms with Crippen LogP contribution in [-0.2, 0) is 6.54 Å². The van der Waals surface area contributed by atoms with Crippen LogP contribution < -0.4 is 15.0 Å². The topological polar surface area (TPSA) is 40.5 Å². The second kappa shape index (κ2) is 6.64. The van der Waals surface area contributed by atoms with Crippen LogP contribution in [0.1, 0.15) is 6.42 Å². The van der Waals surface area contributed by atoms with Crippen LogP contribution in [0, 0.1) is 0 Å². The van der Waals surface area contributed by atoms with Crippen molar-refractivity contribution in [3.05, 3.63) is 59.0 Å². The zero-order valence-electron chi connectivity index (χ0n) is 10.9. The van der Waals surface area contributed by atoms with Gasteiger partial charge in [-0.05, 0) is 36.8 Å². The summed E-state index contributed by atoms with van der Waals surface area (Å²) in [5, 5.41) is 0. The predicted octanol–water partition coefficient (Wildman–Crippen LogP) is 2.33. The second-order valence-electron chi connectivity index (χ2n) is 4.11. The van der Waals surface area contributed by atoms with Gasteiger partial charge in [0, 0.05) is 18.8 Å². The molecule has 0 unspecified atom stereocenters. The molecule has 0 amide bonds.